The van der Waals surface area contributed by atoms with Crippen LogP contribution in [0.25, 0.3) is 6.08 Å². The van der Waals surface area contributed by atoms with Gasteiger partial charge in [-0.15, -0.1) is 0 Å². The van der Waals surface area contributed by atoms with Crippen LogP contribution in [0.5, 0.6) is 11.5 Å². The van der Waals surface area contributed by atoms with Gasteiger partial charge < -0.3 is 19.6 Å². The number of nitrogens with zero attached hydrogens (tertiary/aromatic N) is 4. The van der Waals surface area contributed by atoms with Crippen LogP contribution in [0.3, 0.4) is 0 Å². The number of rotatable bonds is 6. The number of carbonyl (C=O) groups is 1. The summed E-state index contributed by atoms with van der Waals surface area (Å²) in [7, 11) is 0. The number of nitrogens with one attached hydrogen (secondary N) is 1. The van der Waals surface area contributed by atoms with Crippen LogP contribution < -0.4 is 19.7 Å². The molecule has 0 radical (unpaired) electrons. The maximum Gasteiger partial charge on any atom is 0.322 e. The fraction of sp³-hybridized carbons (Fsp3) is 0.467. The number of urea groups is 1. The van der Waals surface area contributed by atoms with Crippen molar-refractivity contribution in [2.24, 2.45) is 11.1 Å². The molecule has 39 heavy (non-hydrogen) atoms. The molecule has 1 saturated heterocycles. The summed E-state index contributed by atoms with van der Waals surface area (Å²) in [6.07, 6.45) is 2.24. The van der Waals surface area contributed by atoms with Gasteiger partial charge in [-0.05, 0) is 25.5 Å². The topological polar surface area (TPSA) is 78.9 Å². The number of carbonyl (C=O) groups excluding carboxylic acids is 1. The lowest BCUT2D eigenvalue weighted by atomic mass is 9.89. The standard InChI is InChI=1S/C30H37N5O4/c1-3-31-30(36)35-13-14-37-27-16-23-26(17-25(27)35)38-20-24-28(39-32-29(23)24)19-34-11-9-33(10-12-34)18-21(2)15-22-7-5-4-6-8-22/h4-8,15-17,24,28H,3,9-14,18-20H2,1-2H3,(H,31,36). The highest BCUT2D eigenvalue weighted by Crippen LogP contribution is 2.42. The van der Waals surface area contributed by atoms with Crippen LogP contribution in [0.15, 0.2) is 53.2 Å². The van der Waals surface area contributed by atoms with Crippen LogP contribution in [0.1, 0.15) is 25.0 Å². The third-order valence-electron chi connectivity index (χ3n) is 7.87. The lowest BCUT2D eigenvalue weighted by Gasteiger charge is -2.37. The summed E-state index contributed by atoms with van der Waals surface area (Å²) < 4.78 is 12.1. The van der Waals surface area contributed by atoms with Crippen molar-refractivity contribution in [3.63, 3.8) is 0 Å². The number of hydrogen-bond acceptors (Lipinski definition) is 7. The second kappa shape index (κ2) is 11.3. The Bertz CT molecular complexity index is 1260. The molecule has 9 nitrogen and oxygen atoms in total. The summed E-state index contributed by atoms with van der Waals surface area (Å²) in [5.41, 5.74) is 5.18. The van der Waals surface area contributed by atoms with Gasteiger partial charge in [-0.2, -0.15) is 0 Å². The van der Waals surface area contributed by atoms with Crippen molar-refractivity contribution < 1.29 is 19.1 Å². The number of hydrogen-bond donors (Lipinski definition) is 1. The van der Waals surface area contributed by atoms with Crippen molar-refractivity contribution in [3.8, 4) is 11.5 Å². The molecule has 0 spiro atoms. The Morgan fingerprint density at radius 2 is 1.85 bits per heavy atom. The highest BCUT2D eigenvalue weighted by atomic mass is 16.6. The molecule has 4 aliphatic heterocycles. The first-order valence-corrected chi connectivity index (χ1v) is 14.0. The first-order valence-electron chi connectivity index (χ1n) is 14.0. The summed E-state index contributed by atoms with van der Waals surface area (Å²) >= 11 is 0. The van der Waals surface area contributed by atoms with Crippen LogP contribution in [0.4, 0.5) is 10.5 Å². The van der Waals surface area contributed by atoms with Crippen molar-refractivity contribution in [1.82, 2.24) is 15.1 Å². The molecule has 2 unspecified atom stereocenters. The molecule has 1 fully saturated rings. The predicted molar refractivity (Wildman–Crippen MR) is 152 cm³/mol. The van der Waals surface area contributed by atoms with E-state index in [4.69, 9.17) is 14.3 Å². The normalized spacial score (nSPS) is 23.0. The van der Waals surface area contributed by atoms with Gasteiger partial charge >= 0.3 is 6.03 Å². The summed E-state index contributed by atoms with van der Waals surface area (Å²) in [6.45, 7) is 12.1. The van der Waals surface area contributed by atoms with Crippen molar-refractivity contribution in [3.05, 3.63) is 59.2 Å². The minimum absolute atomic E-state index is 0.0387. The van der Waals surface area contributed by atoms with Gasteiger partial charge in [-0.3, -0.25) is 14.7 Å². The monoisotopic (exact) mass is 531 g/mol. The maximum atomic E-state index is 12.6. The third-order valence-corrected chi connectivity index (χ3v) is 7.87. The van der Waals surface area contributed by atoms with Gasteiger partial charge in [0.05, 0.1) is 18.2 Å². The third kappa shape index (κ3) is 5.46. The molecule has 2 aromatic rings. The van der Waals surface area contributed by atoms with Gasteiger partial charge in [-0.25, -0.2) is 4.79 Å². The second-order valence-electron chi connectivity index (χ2n) is 10.7. The van der Waals surface area contributed by atoms with Gasteiger partial charge in [0.1, 0.15) is 30.4 Å². The lowest BCUT2D eigenvalue weighted by Crippen LogP contribution is -2.50. The second-order valence-corrected chi connectivity index (χ2v) is 10.7. The molecule has 2 aromatic carbocycles. The summed E-state index contributed by atoms with van der Waals surface area (Å²) in [6, 6.07) is 14.2. The zero-order chi connectivity index (χ0) is 26.8. The molecule has 4 heterocycles. The van der Waals surface area contributed by atoms with Gasteiger partial charge in [-0.1, -0.05) is 47.1 Å². The van der Waals surface area contributed by atoms with Gasteiger partial charge in [0.2, 0.25) is 0 Å². The van der Waals surface area contributed by atoms with Crippen LogP contribution in [0, 0.1) is 5.92 Å². The van der Waals surface area contributed by atoms with E-state index in [1.54, 1.807) is 4.90 Å². The first kappa shape index (κ1) is 25.7. The number of anilines is 1. The number of ether oxygens (including phenoxy) is 2. The molecular formula is C30H37N5O4. The Hall–Kier alpha value is -3.56. The average Bonchev–Trinajstić information content (AvgIpc) is 3.36. The van der Waals surface area contributed by atoms with E-state index in [2.05, 4.69) is 63.6 Å². The van der Waals surface area contributed by atoms with E-state index in [-0.39, 0.29) is 18.1 Å². The molecule has 0 aromatic heterocycles. The summed E-state index contributed by atoms with van der Waals surface area (Å²) in [4.78, 5) is 25.3. The zero-order valence-electron chi connectivity index (χ0n) is 22.8. The number of amides is 2. The minimum Gasteiger partial charge on any atom is -0.492 e. The van der Waals surface area contributed by atoms with Crippen LogP contribution >= 0.6 is 0 Å². The smallest absolute Gasteiger partial charge is 0.322 e. The van der Waals surface area contributed by atoms with E-state index < -0.39 is 0 Å². The van der Waals surface area contributed by atoms with E-state index >= 15 is 0 Å². The molecule has 206 valence electrons. The Morgan fingerprint density at radius 3 is 2.64 bits per heavy atom. The molecule has 4 aliphatic rings. The van der Waals surface area contributed by atoms with E-state index in [1.165, 1.54) is 11.1 Å². The highest BCUT2D eigenvalue weighted by molar-refractivity contribution is 6.07. The number of fused-ring (bicyclic) bond motifs is 4. The number of oxime groups is 1. The molecule has 2 amide bonds. The van der Waals surface area contributed by atoms with Crippen LogP contribution in [-0.2, 0) is 4.84 Å². The van der Waals surface area contributed by atoms with Crippen molar-refractivity contribution >= 4 is 23.5 Å². The molecule has 1 N–H and O–H groups in total. The van der Waals surface area contributed by atoms with Crippen molar-refractivity contribution in [2.75, 3.05) is 70.5 Å². The molecule has 0 saturated carbocycles. The number of piperazine rings is 1. The maximum absolute atomic E-state index is 12.6. The molecule has 2 atom stereocenters. The van der Waals surface area contributed by atoms with Gasteiger partial charge in [0, 0.05) is 57.4 Å². The quantitative estimate of drug-likeness (QED) is 0.615. The van der Waals surface area contributed by atoms with Crippen LogP contribution in [0.2, 0.25) is 0 Å². The Morgan fingerprint density at radius 1 is 1.05 bits per heavy atom. The summed E-state index contributed by atoms with van der Waals surface area (Å²) in [5, 5.41) is 7.39. The largest absolute Gasteiger partial charge is 0.492 e. The summed E-state index contributed by atoms with van der Waals surface area (Å²) in [5.74, 6) is 1.47. The first-order chi connectivity index (χ1) is 19.1. The van der Waals surface area contributed by atoms with Gasteiger partial charge in [0.15, 0.2) is 6.10 Å². The lowest BCUT2D eigenvalue weighted by molar-refractivity contribution is 0.0101. The van der Waals surface area contributed by atoms with E-state index in [0.29, 0.717) is 32.1 Å². The van der Waals surface area contributed by atoms with E-state index in [1.807, 2.05) is 19.1 Å². The fourth-order valence-corrected chi connectivity index (χ4v) is 5.85. The molecule has 0 aliphatic carbocycles. The highest BCUT2D eigenvalue weighted by Gasteiger charge is 2.42. The van der Waals surface area contributed by atoms with Gasteiger partial charge in [0.25, 0.3) is 0 Å². The zero-order valence-corrected chi connectivity index (χ0v) is 22.8. The van der Waals surface area contributed by atoms with E-state index in [0.717, 1.165) is 62.0 Å². The minimum atomic E-state index is -0.125. The van der Waals surface area contributed by atoms with Crippen molar-refractivity contribution in [1.29, 1.82) is 0 Å². The molecule has 9 heteroatoms. The Kier molecular flexibility index (Phi) is 7.43. The Labute approximate surface area is 230 Å². The molecular weight excluding hydrogens is 494 g/mol. The molecule has 6 rings (SSSR count). The predicted octanol–water partition coefficient (Wildman–Crippen LogP) is 3.45. The van der Waals surface area contributed by atoms with E-state index in [9.17, 15) is 4.79 Å². The SMILES string of the molecule is CCNC(=O)N1CCOc2cc3c(cc21)OCC1C3=NOC1CN1CCN(CC(C)=Cc2ccccc2)CC1. The van der Waals surface area contributed by atoms with Crippen LogP contribution in [-0.4, -0.2) is 93.2 Å². The molecule has 0 bridgehead atoms. The average molecular weight is 532 g/mol. The fourth-order valence-electron chi connectivity index (χ4n) is 5.85. The van der Waals surface area contributed by atoms with Crippen molar-refractivity contribution in [2.45, 2.75) is 20.0 Å². The number of benzene rings is 2. The Balaban J connectivity index is 1.06.